The number of halogens is 2. The van der Waals surface area contributed by atoms with E-state index in [1.165, 1.54) is 12.3 Å². The Morgan fingerprint density at radius 1 is 1.31 bits per heavy atom. The summed E-state index contributed by atoms with van der Waals surface area (Å²) in [4.78, 5) is 37.1. The van der Waals surface area contributed by atoms with Gasteiger partial charge in [0.2, 0.25) is 0 Å². The maximum absolute atomic E-state index is 14.2. The van der Waals surface area contributed by atoms with Crippen molar-refractivity contribution in [2.24, 2.45) is 0 Å². The van der Waals surface area contributed by atoms with Crippen LogP contribution >= 0.6 is 11.3 Å². The van der Waals surface area contributed by atoms with Gasteiger partial charge in [0.15, 0.2) is 5.01 Å². The topological polar surface area (TPSA) is 107 Å². The molecule has 196 valence electrons. The number of pyridine rings is 1. The summed E-state index contributed by atoms with van der Waals surface area (Å²) < 4.78 is 28.4. The zero-order valence-corrected chi connectivity index (χ0v) is 21.6. The summed E-state index contributed by atoms with van der Waals surface area (Å²) in [6.45, 7) is 6.41. The molecule has 8 nitrogen and oxygen atoms in total. The average molecular weight is 522 g/mol. The Hall–Kier alpha value is -2.66. The quantitative estimate of drug-likeness (QED) is 0.468. The molecule has 0 bridgehead atoms. The SMILES string of the molecule is CC[C@@H](C)Nc1cc(C(F)F)c(-c2sc(C(=O)N[C@H]3CC[C@H](O)C3)nc2C(=O)N2CCC[C@@H]2C)cn1. The number of nitrogens with zero attached hydrogens (tertiary/aromatic N) is 3. The zero-order chi connectivity index (χ0) is 26.0. The van der Waals surface area contributed by atoms with Crippen molar-refractivity contribution in [3.05, 3.63) is 28.5 Å². The first-order valence-electron chi connectivity index (χ1n) is 12.5. The van der Waals surface area contributed by atoms with E-state index < -0.39 is 18.4 Å². The van der Waals surface area contributed by atoms with Gasteiger partial charge in [0.1, 0.15) is 11.5 Å². The number of carbonyl (C=O) groups excluding carboxylic acids is 2. The van der Waals surface area contributed by atoms with Crippen LogP contribution in [0.5, 0.6) is 0 Å². The molecule has 2 aromatic rings. The highest BCUT2D eigenvalue weighted by molar-refractivity contribution is 7.17. The third kappa shape index (κ3) is 5.67. The molecule has 4 rings (SSSR count). The third-order valence-corrected chi connectivity index (χ3v) is 8.09. The van der Waals surface area contributed by atoms with Crippen molar-refractivity contribution >= 4 is 29.0 Å². The second-order valence-corrected chi connectivity index (χ2v) is 10.7. The Morgan fingerprint density at radius 2 is 2.08 bits per heavy atom. The molecule has 36 heavy (non-hydrogen) atoms. The van der Waals surface area contributed by atoms with Gasteiger partial charge in [-0.05, 0) is 58.4 Å². The number of rotatable bonds is 8. The molecular formula is C25H33F2N5O3S. The predicted octanol–water partition coefficient (Wildman–Crippen LogP) is 4.62. The van der Waals surface area contributed by atoms with Crippen LogP contribution in [0, 0.1) is 0 Å². The first kappa shape index (κ1) is 26.4. The van der Waals surface area contributed by atoms with Crippen LogP contribution in [0.15, 0.2) is 12.3 Å². The summed E-state index contributed by atoms with van der Waals surface area (Å²) in [5.74, 6) is -0.522. The van der Waals surface area contributed by atoms with Crippen LogP contribution in [0.25, 0.3) is 10.4 Å². The monoisotopic (exact) mass is 521 g/mol. The molecule has 1 aliphatic heterocycles. The van der Waals surface area contributed by atoms with E-state index >= 15 is 0 Å². The van der Waals surface area contributed by atoms with Crippen molar-refractivity contribution in [3.8, 4) is 10.4 Å². The van der Waals surface area contributed by atoms with Gasteiger partial charge in [-0.3, -0.25) is 9.59 Å². The summed E-state index contributed by atoms with van der Waals surface area (Å²) in [7, 11) is 0. The first-order valence-corrected chi connectivity index (χ1v) is 13.3. The second-order valence-electron chi connectivity index (χ2n) is 9.73. The number of anilines is 1. The summed E-state index contributed by atoms with van der Waals surface area (Å²) in [6, 6.07) is 1.16. The molecule has 2 aliphatic rings. The lowest BCUT2D eigenvalue weighted by Gasteiger charge is -2.21. The van der Waals surface area contributed by atoms with Crippen molar-refractivity contribution in [3.63, 3.8) is 0 Å². The molecule has 3 N–H and O–H groups in total. The Bertz CT molecular complexity index is 1110. The largest absolute Gasteiger partial charge is 0.393 e. The number of likely N-dealkylation sites (tertiary alicyclic amines) is 1. The summed E-state index contributed by atoms with van der Waals surface area (Å²) in [5.41, 5.74) is -0.173. The molecule has 1 saturated heterocycles. The maximum atomic E-state index is 14.2. The standard InChI is InChI=1S/C25H33F2N5O3S/c1-4-13(2)29-19-11-17(22(26)27)18(12-28-19)21-20(25(35)32-9-5-6-14(32)3)31-24(36-21)23(34)30-15-7-8-16(33)10-15/h11-16,22,33H,4-10H2,1-3H3,(H,28,29)(H,30,34)/t13-,14+,15+,16+/m1/s1. The summed E-state index contributed by atoms with van der Waals surface area (Å²) >= 11 is 0.922. The number of carbonyl (C=O) groups is 2. The number of amides is 2. The molecule has 0 unspecified atom stereocenters. The van der Waals surface area contributed by atoms with Gasteiger partial charge in [-0.2, -0.15) is 0 Å². The average Bonchev–Trinajstić information content (AvgIpc) is 3.58. The molecule has 0 spiro atoms. The van der Waals surface area contributed by atoms with Gasteiger partial charge in [0, 0.05) is 42.0 Å². The molecule has 2 fully saturated rings. The Balaban J connectivity index is 1.73. The van der Waals surface area contributed by atoms with E-state index in [1.54, 1.807) is 4.90 Å². The Labute approximate surface area is 213 Å². The van der Waals surface area contributed by atoms with E-state index in [4.69, 9.17) is 0 Å². The van der Waals surface area contributed by atoms with Crippen LogP contribution in [0.3, 0.4) is 0 Å². The minimum absolute atomic E-state index is 0.000829. The third-order valence-electron chi connectivity index (χ3n) is 7.00. The normalized spacial score (nSPS) is 22.8. The minimum atomic E-state index is -2.81. The van der Waals surface area contributed by atoms with E-state index in [9.17, 15) is 23.5 Å². The number of hydrogen-bond donors (Lipinski definition) is 3. The van der Waals surface area contributed by atoms with Crippen molar-refractivity contribution in [2.75, 3.05) is 11.9 Å². The lowest BCUT2D eigenvalue weighted by atomic mass is 10.1. The predicted molar refractivity (Wildman–Crippen MR) is 135 cm³/mol. The van der Waals surface area contributed by atoms with Crippen molar-refractivity contribution in [1.29, 1.82) is 0 Å². The molecule has 2 amide bonds. The van der Waals surface area contributed by atoms with E-state index in [0.717, 1.165) is 30.6 Å². The number of aliphatic hydroxyl groups is 1. The van der Waals surface area contributed by atoms with Crippen LogP contribution in [-0.2, 0) is 0 Å². The molecule has 1 aliphatic carbocycles. The van der Waals surface area contributed by atoms with Crippen LogP contribution in [0.2, 0.25) is 0 Å². The van der Waals surface area contributed by atoms with Gasteiger partial charge in [-0.15, -0.1) is 11.3 Å². The fraction of sp³-hybridized carbons (Fsp3) is 0.600. The molecule has 1 saturated carbocycles. The molecule has 4 atom stereocenters. The van der Waals surface area contributed by atoms with Gasteiger partial charge < -0.3 is 20.6 Å². The number of aromatic nitrogens is 2. The molecule has 0 radical (unpaired) electrons. The van der Waals surface area contributed by atoms with Crippen molar-refractivity contribution in [2.45, 2.75) is 90.0 Å². The molecular weight excluding hydrogens is 488 g/mol. The Kier molecular flexibility index (Phi) is 8.19. The van der Waals surface area contributed by atoms with Gasteiger partial charge in [-0.1, -0.05) is 6.92 Å². The van der Waals surface area contributed by atoms with Gasteiger partial charge >= 0.3 is 0 Å². The lowest BCUT2D eigenvalue weighted by molar-refractivity contribution is 0.0743. The fourth-order valence-corrected chi connectivity index (χ4v) is 5.72. The van der Waals surface area contributed by atoms with Gasteiger partial charge in [0.25, 0.3) is 18.2 Å². The molecule has 11 heteroatoms. The summed E-state index contributed by atoms with van der Waals surface area (Å²) in [6.07, 6.45) is 2.26. The van der Waals surface area contributed by atoms with Gasteiger partial charge in [-0.25, -0.2) is 18.7 Å². The number of nitrogens with one attached hydrogen (secondary N) is 2. The minimum Gasteiger partial charge on any atom is -0.393 e. The molecule has 2 aromatic heterocycles. The summed E-state index contributed by atoms with van der Waals surface area (Å²) in [5, 5.41) is 15.8. The number of thiazole rings is 1. The number of hydrogen-bond acceptors (Lipinski definition) is 7. The van der Waals surface area contributed by atoms with Crippen LogP contribution in [-0.4, -0.2) is 62.6 Å². The van der Waals surface area contributed by atoms with Gasteiger partial charge in [0.05, 0.1) is 11.0 Å². The second kappa shape index (κ2) is 11.2. The van der Waals surface area contributed by atoms with E-state index in [1.807, 2.05) is 20.8 Å². The van der Waals surface area contributed by atoms with Crippen LogP contribution in [0.4, 0.5) is 14.6 Å². The fourth-order valence-electron chi connectivity index (χ4n) is 4.73. The zero-order valence-electron chi connectivity index (χ0n) is 20.8. The van der Waals surface area contributed by atoms with Crippen molar-refractivity contribution < 1.29 is 23.5 Å². The van der Waals surface area contributed by atoms with E-state index in [-0.39, 0.29) is 50.7 Å². The highest BCUT2D eigenvalue weighted by atomic mass is 32.1. The van der Waals surface area contributed by atoms with Crippen molar-refractivity contribution in [1.82, 2.24) is 20.2 Å². The highest BCUT2D eigenvalue weighted by Gasteiger charge is 2.33. The molecule has 3 heterocycles. The number of aliphatic hydroxyl groups excluding tert-OH is 1. The smallest absolute Gasteiger partial charge is 0.280 e. The lowest BCUT2D eigenvalue weighted by Crippen LogP contribution is -2.35. The molecule has 0 aromatic carbocycles. The first-order chi connectivity index (χ1) is 17.2. The van der Waals surface area contributed by atoms with Crippen LogP contribution in [0.1, 0.15) is 91.6 Å². The van der Waals surface area contributed by atoms with Crippen LogP contribution < -0.4 is 10.6 Å². The highest BCUT2D eigenvalue weighted by Crippen LogP contribution is 2.39. The van der Waals surface area contributed by atoms with E-state index in [0.29, 0.717) is 31.6 Å². The number of alkyl halides is 2. The Morgan fingerprint density at radius 3 is 2.69 bits per heavy atom. The van der Waals surface area contributed by atoms with E-state index in [2.05, 4.69) is 20.6 Å². The maximum Gasteiger partial charge on any atom is 0.280 e.